The molecule has 1 atom stereocenters. The van der Waals surface area contributed by atoms with Crippen molar-refractivity contribution in [1.82, 2.24) is 0 Å². The Morgan fingerprint density at radius 2 is 2.00 bits per heavy atom. The van der Waals surface area contributed by atoms with Gasteiger partial charge in [0.05, 0.1) is 19.3 Å². The monoisotopic (exact) mass is 346 g/mol. The highest BCUT2D eigenvalue weighted by molar-refractivity contribution is 6.11. The molecule has 0 aliphatic heterocycles. The van der Waals surface area contributed by atoms with Gasteiger partial charge in [0, 0.05) is 0 Å². The van der Waals surface area contributed by atoms with E-state index in [1.165, 1.54) is 19.3 Å². The van der Waals surface area contributed by atoms with Gasteiger partial charge in [-0.3, -0.25) is 9.59 Å². The summed E-state index contributed by atoms with van der Waals surface area (Å²) in [5.41, 5.74) is 0.402. The normalized spacial score (nSPS) is 19.1. The number of carboxylic acids is 1. The zero-order valence-corrected chi connectivity index (χ0v) is 14.8. The summed E-state index contributed by atoms with van der Waals surface area (Å²) < 4.78 is 10.2. The summed E-state index contributed by atoms with van der Waals surface area (Å²) in [4.78, 5) is 36.3. The molecular weight excluding hydrogens is 324 g/mol. The molecule has 0 fully saturated rings. The van der Waals surface area contributed by atoms with Crippen molar-refractivity contribution in [1.29, 1.82) is 0 Å². The average Bonchev–Trinajstić information content (AvgIpc) is 2.52. The quantitative estimate of drug-likeness (QED) is 0.651. The maximum atomic E-state index is 12.6. The predicted molar refractivity (Wildman–Crippen MR) is 91.5 cm³/mol. The second-order valence-corrected chi connectivity index (χ2v) is 6.64. The van der Waals surface area contributed by atoms with Gasteiger partial charge in [0.15, 0.2) is 5.78 Å². The molecule has 1 aromatic carbocycles. The van der Waals surface area contributed by atoms with Crippen molar-refractivity contribution in [2.45, 2.75) is 27.2 Å². The first-order chi connectivity index (χ1) is 11.7. The Bertz CT molecular complexity index is 744. The topological polar surface area (TPSA) is 89.9 Å². The fraction of sp³-hybridized carbons (Fsp3) is 0.421. The number of hydrogen-bond donors (Lipinski definition) is 1. The molecule has 0 bridgehead atoms. The number of allylic oxidation sites excluding steroid dienone is 2. The molecule has 1 N–H and O–H groups in total. The number of benzene rings is 1. The molecule has 0 aromatic heterocycles. The van der Waals surface area contributed by atoms with E-state index < -0.39 is 23.3 Å². The number of esters is 1. The Labute approximate surface area is 146 Å². The fourth-order valence-corrected chi connectivity index (χ4v) is 3.22. The number of ether oxygens (including phenoxy) is 2. The molecule has 0 spiro atoms. The summed E-state index contributed by atoms with van der Waals surface area (Å²) in [5.74, 6) is -2.40. The van der Waals surface area contributed by atoms with Crippen LogP contribution < -0.4 is 4.74 Å². The minimum Gasteiger partial charge on any atom is -0.497 e. The van der Waals surface area contributed by atoms with E-state index in [1.54, 1.807) is 32.9 Å². The zero-order chi connectivity index (χ0) is 18.8. The third-order valence-corrected chi connectivity index (χ3v) is 4.35. The highest BCUT2D eigenvalue weighted by atomic mass is 16.5. The van der Waals surface area contributed by atoms with Crippen LogP contribution in [0.1, 0.15) is 43.1 Å². The number of rotatable bonds is 5. The lowest BCUT2D eigenvalue weighted by molar-refractivity contribution is -0.155. The van der Waals surface area contributed by atoms with Gasteiger partial charge < -0.3 is 14.6 Å². The molecule has 1 unspecified atom stereocenters. The lowest BCUT2D eigenvalue weighted by atomic mass is 9.67. The van der Waals surface area contributed by atoms with Gasteiger partial charge in [0.2, 0.25) is 0 Å². The van der Waals surface area contributed by atoms with Crippen molar-refractivity contribution < 1.29 is 29.0 Å². The second-order valence-electron chi connectivity index (χ2n) is 6.64. The molecule has 2 rings (SSSR count). The lowest BCUT2D eigenvalue weighted by Gasteiger charge is -2.35. The standard InChI is InChI=1S/C19H22O6/c1-5-25-18(23)16-15(20)8-11(10-19(16,2)3)14-9-12(24-4)6-7-13(14)17(21)22/h6-9,16H,5,10H2,1-4H3,(H,21,22). The molecule has 1 aliphatic rings. The highest BCUT2D eigenvalue weighted by Gasteiger charge is 2.44. The van der Waals surface area contributed by atoms with Crippen molar-refractivity contribution in [3.05, 3.63) is 35.4 Å². The minimum atomic E-state index is -1.09. The van der Waals surface area contributed by atoms with E-state index in [2.05, 4.69) is 0 Å². The number of methoxy groups -OCH3 is 1. The maximum absolute atomic E-state index is 12.6. The van der Waals surface area contributed by atoms with Gasteiger partial charge in [-0.1, -0.05) is 13.8 Å². The largest absolute Gasteiger partial charge is 0.497 e. The van der Waals surface area contributed by atoms with E-state index >= 15 is 0 Å². The molecule has 0 saturated carbocycles. The highest BCUT2D eigenvalue weighted by Crippen LogP contribution is 2.43. The Hall–Kier alpha value is -2.63. The van der Waals surface area contributed by atoms with Crippen molar-refractivity contribution in [3.63, 3.8) is 0 Å². The van der Waals surface area contributed by atoms with E-state index in [0.717, 1.165) is 0 Å². The molecular formula is C19H22O6. The summed E-state index contributed by atoms with van der Waals surface area (Å²) in [6, 6.07) is 4.61. The van der Waals surface area contributed by atoms with Gasteiger partial charge in [0.25, 0.3) is 0 Å². The summed E-state index contributed by atoms with van der Waals surface area (Å²) in [7, 11) is 1.49. The number of aromatic carboxylic acids is 1. The van der Waals surface area contributed by atoms with Gasteiger partial charge in [-0.25, -0.2) is 4.79 Å². The first-order valence-corrected chi connectivity index (χ1v) is 8.04. The molecule has 1 aromatic rings. The number of hydrogen-bond acceptors (Lipinski definition) is 5. The van der Waals surface area contributed by atoms with Crippen LogP contribution in [0.3, 0.4) is 0 Å². The van der Waals surface area contributed by atoms with Gasteiger partial charge in [-0.2, -0.15) is 0 Å². The predicted octanol–water partition coefficient (Wildman–Crippen LogP) is 2.96. The summed E-state index contributed by atoms with van der Waals surface area (Å²) in [5, 5.41) is 9.44. The van der Waals surface area contributed by atoms with Crippen LogP contribution in [0.25, 0.3) is 5.57 Å². The Kier molecular flexibility index (Phi) is 5.30. The molecule has 0 heterocycles. The van der Waals surface area contributed by atoms with Crippen LogP contribution in [-0.2, 0) is 14.3 Å². The van der Waals surface area contributed by atoms with Crippen molar-refractivity contribution in [2.24, 2.45) is 11.3 Å². The van der Waals surface area contributed by atoms with Crippen molar-refractivity contribution >= 4 is 23.3 Å². The third kappa shape index (κ3) is 3.73. The molecule has 1 aliphatic carbocycles. The van der Waals surface area contributed by atoms with E-state index in [0.29, 0.717) is 23.3 Å². The lowest BCUT2D eigenvalue weighted by Crippen LogP contribution is -2.40. The zero-order valence-electron chi connectivity index (χ0n) is 14.8. The van der Waals surface area contributed by atoms with Gasteiger partial charge >= 0.3 is 11.9 Å². The maximum Gasteiger partial charge on any atom is 0.336 e. The van der Waals surface area contributed by atoms with Crippen LogP contribution in [0.15, 0.2) is 24.3 Å². The summed E-state index contributed by atoms with van der Waals surface area (Å²) in [6.45, 7) is 5.50. The summed E-state index contributed by atoms with van der Waals surface area (Å²) in [6.07, 6.45) is 1.73. The average molecular weight is 346 g/mol. The second kappa shape index (κ2) is 7.09. The molecule has 6 heteroatoms. The molecule has 134 valence electrons. The van der Waals surface area contributed by atoms with Gasteiger partial charge in [-0.15, -0.1) is 0 Å². The van der Waals surface area contributed by atoms with Crippen molar-refractivity contribution in [3.8, 4) is 5.75 Å². The number of ketones is 1. The van der Waals surface area contributed by atoms with Crippen LogP contribution in [0.2, 0.25) is 0 Å². The molecule has 25 heavy (non-hydrogen) atoms. The third-order valence-electron chi connectivity index (χ3n) is 4.35. The Morgan fingerprint density at radius 3 is 2.52 bits per heavy atom. The van der Waals surface area contributed by atoms with E-state index in [-0.39, 0.29) is 18.0 Å². The van der Waals surface area contributed by atoms with Crippen LogP contribution in [0.4, 0.5) is 0 Å². The molecule has 0 saturated heterocycles. The number of carbonyl (C=O) groups is 3. The van der Waals surface area contributed by atoms with E-state index in [9.17, 15) is 19.5 Å². The van der Waals surface area contributed by atoms with E-state index in [1.807, 2.05) is 0 Å². The van der Waals surface area contributed by atoms with Gasteiger partial charge in [-0.05, 0) is 54.2 Å². The van der Waals surface area contributed by atoms with Crippen LogP contribution >= 0.6 is 0 Å². The van der Waals surface area contributed by atoms with E-state index in [4.69, 9.17) is 9.47 Å². The summed E-state index contributed by atoms with van der Waals surface area (Å²) >= 11 is 0. The number of carbonyl (C=O) groups excluding carboxylic acids is 2. The number of carboxylic acid groups (broad SMARTS) is 1. The van der Waals surface area contributed by atoms with Crippen LogP contribution in [-0.4, -0.2) is 36.5 Å². The SMILES string of the molecule is CCOC(=O)C1C(=O)C=C(c2cc(OC)ccc2C(=O)O)CC1(C)C. The first kappa shape index (κ1) is 18.7. The molecule has 0 radical (unpaired) electrons. The molecule has 6 nitrogen and oxygen atoms in total. The van der Waals surface area contributed by atoms with Crippen LogP contribution in [0.5, 0.6) is 5.75 Å². The smallest absolute Gasteiger partial charge is 0.336 e. The Balaban J connectivity index is 2.52. The van der Waals surface area contributed by atoms with Crippen molar-refractivity contribution in [2.75, 3.05) is 13.7 Å². The fourth-order valence-electron chi connectivity index (χ4n) is 3.22. The Morgan fingerprint density at radius 1 is 1.32 bits per heavy atom. The minimum absolute atomic E-state index is 0.0882. The molecule has 0 amide bonds. The van der Waals surface area contributed by atoms with Gasteiger partial charge in [0.1, 0.15) is 11.7 Å². The van der Waals surface area contributed by atoms with Crippen LogP contribution in [0, 0.1) is 11.3 Å². The first-order valence-electron chi connectivity index (χ1n) is 8.04.